The Morgan fingerprint density at radius 3 is 2.40 bits per heavy atom. The van der Waals surface area contributed by atoms with Crippen LogP contribution in [0.2, 0.25) is 0 Å². The number of ether oxygens (including phenoxy) is 1. The predicted octanol–water partition coefficient (Wildman–Crippen LogP) is -1.37. The lowest BCUT2D eigenvalue weighted by molar-refractivity contribution is -0.0253. The first-order chi connectivity index (χ1) is 7.24. The van der Waals surface area contributed by atoms with Gasteiger partial charge in [0.1, 0.15) is 24.4 Å². The van der Waals surface area contributed by atoms with Crippen molar-refractivity contribution in [2.24, 2.45) is 0 Å². The lowest BCUT2D eigenvalue weighted by atomic mass is 10.1. The summed E-state index contributed by atoms with van der Waals surface area (Å²) in [5.41, 5.74) is 0. The van der Waals surface area contributed by atoms with Crippen LogP contribution in [-0.2, 0) is 4.74 Å². The molecule has 82 valence electrons. The smallest absolute Gasteiger partial charge is 0.159 e. The summed E-state index contributed by atoms with van der Waals surface area (Å²) in [4.78, 5) is 7.85. The molecule has 0 radical (unpaired) electrons. The van der Waals surface area contributed by atoms with Gasteiger partial charge in [0, 0.05) is 12.4 Å². The molecule has 1 aromatic heterocycles. The van der Waals surface area contributed by atoms with Crippen LogP contribution in [0.1, 0.15) is 11.9 Å². The van der Waals surface area contributed by atoms with E-state index in [-0.39, 0.29) is 6.61 Å². The van der Waals surface area contributed by atoms with Gasteiger partial charge >= 0.3 is 0 Å². The van der Waals surface area contributed by atoms with Gasteiger partial charge in [0.15, 0.2) is 5.82 Å². The Bertz CT molecular complexity index is 321. The molecule has 0 spiro atoms. The number of aliphatic hydroxyl groups excluding tert-OH is 3. The van der Waals surface area contributed by atoms with E-state index in [1.54, 1.807) is 6.07 Å². The molecule has 0 bridgehead atoms. The molecular weight excluding hydrogens is 200 g/mol. The number of aliphatic hydroxyl groups is 3. The molecule has 1 aromatic rings. The van der Waals surface area contributed by atoms with Gasteiger partial charge in [-0.25, -0.2) is 9.97 Å². The molecule has 0 amide bonds. The van der Waals surface area contributed by atoms with Crippen LogP contribution < -0.4 is 0 Å². The number of nitrogens with zero attached hydrogens (tertiary/aromatic N) is 2. The van der Waals surface area contributed by atoms with Gasteiger partial charge in [-0.1, -0.05) is 0 Å². The summed E-state index contributed by atoms with van der Waals surface area (Å²) in [6.07, 6.45) is -0.728. The van der Waals surface area contributed by atoms with E-state index < -0.39 is 24.4 Å². The van der Waals surface area contributed by atoms with E-state index in [0.29, 0.717) is 5.82 Å². The Kier molecular flexibility index (Phi) is 2.92. The summed E-state index contributed by atoms with van der Waals surface area (Å²) in [6, 6.07) is 1.64. The van der Waals surface area contributed by atoms with Crippen LogP contribution in [0.3, 0.4) is 0 Å². The van der Waals surface area contributed by atoms with Gasteiger partial charge in [-0.3, -0.25) is 0 Å². The Morgan fingerprint density at radius 1 is 1.20 bits per heavy atom. The molecule has 1 fully saturated rings. The number of hydrogen-bond donors (Lipinski definition) is 3. The predicted molar refractivity (Wildman–Crippen MR) is 48.7 cm³/mol. The fraction of sp³-hybridized carbons (Fsp3) is 0.556. The molecule has 3 N–H and O–H groups in total. The van der Waals surface area contributed by atoms with Crippen molar-refractivity contribution in [3.05, 3.63) is 24.3 Å². The summed E-state index contributed by atoms with van der Waals surface area (Å²) in [5, 5.41) is 28.0. The largest absolute Gasteiger partial charge is 0.394 e. The number of aromatic nitrogens is 2. The molecule has 2 rings (SSSR count). The van der Waals surface area contributed by atoms with Crippen LogP contribution in [0.25, 0.3) is 0 Å². The molecule has 0 aliphatic carbocycles. The van der Waals surface area contributed by atoms with E-state index >= 15 is 0 Å². The Balaban J connectivity index is 2.19. The van der Waals surface area contributed by atoms with Crippen molar-refractivity contribution in [3.8, 4) is 0 Å². The Labute approximate surface area is 86.2 Å². The minimum absolute atomic E-state index is 0.306. The van der Waals surface area contributed by atoms with Crippen molar-refractivity contribution in [3.63, 3.8) is 0 Å². The van der Waals surface area contributed by atoms with E-state index in [1.807, 2.05) is 0 Å². The second-order valence-electron chi connectivity index (χ2n) is 3.37. The second-order valence-corrected chi connectivity index (χ2v) is 3.37. The quantitative estimate of drug-likeness (QED) is 0.560. The fourth-order valence-corrected chi connectivity index (χ4v) is 1.57. The second kappa shape index (κ2) is 4.19. The van der Waals surface area contributed by atoms with E-state index in [2.05, 4.69) is 9.97 Å². The molecular formula is C9H12N2O4. The molecule has 1 saturated heterocycles. The average Bonchev–Trinajstić information content (AvgIpc) is 2.57. The van der Waals surface area contributed by atoms with E-state index in [1.165, 1.54) is 12.4 Å². The Hall–Kier alpha value is -1.08. The fourth-order valence-electron chi connectivity index (χ4n) is 1.57. The van der Waals surface area contributed by atoms with Crippen LogP contribution in [0.15, 0.2) is 18.5 Å². The van der Waals surface area contributed by atoms with E-state index in [0.717, 1.165) is 0 Å². The lowest BCUT2D eigenvalue weighted by Gasteiger charge is -2.12. The topological polar surface area (TPSA) is 95.7 Å². The molecule has 0 saturated carbocycles. The maximum Gasteiger partial charge on any atom is 0.159 e. The zero-order chi connectivity index (χ0) is 10.8. The zero-order valence-electron chi connectivity index (χ0n) is 7.89. The summed E-state index contributed by atoms with van der Waals surface area (Å²) in [7, 11) is 0. The van der Waals surface area contributed by atoms with Gasteiger partial charge in [0.05, 0.1) is 6.61 Å². The lowest BCUT2D eigenvalue weighted by Crippen LogP contribution is -2.32. The maximum absolute atomic E-state index is 9.65. The summed E-state index contributed by atoms with van der Waals surface area (Å²) in [5.74, 6) is 0.306. The first-order valence-corrected chi connectivity index (χ1v) is 4.63. The molecule has 2 heterocycles. The maximum atomic E-state index is 9.65. The zero-order valence-corrected chi connectivity index (χ0v) is 7.89. The van der Waals surface area contributed by atoms with Gasteiger partial charge in [-0.2, -0.15) is 0 Å². The van der Waals surface area contributed by atoms with Gasteiger partial charge in [0.25, 0.3) is 0 Å². The van der Waals surface area contributed by atoms with Crippen molar-refractivity contribution < 1.29 is 20.1 Å². The summed E-state index contributed by atoms with van der Waals surface area (Å²) < 4.78 is 5.25. The van der Waals surface area contributed by atoms with Gasteiger partial charge in [-0.15, -0.1) is 0 Å². The molecule has 0 unspecified atom stereocenters. The molecule has 6 nitrogen and oxygen atoms in total. The summed E-state index contributed by atoms with van der Waals surface area (Å²) in [6.45, 7) is -0.346. The van der Waals surface area contributed by atoms with E-state index in [9.17, 15) is 10.2 Å². The number of rotatable bonds is 2. The third-order valence-corrected chi connectivity index (χ3v) is 2.38. The molecule has 6 heteroatoms. The highest BCUT2D eigenvalue weighted by Gasteiger charge is 2.44. The third kappa shape index (κ3) is 1.84. The van der Waals surface area contributed by atoms with Crippen LogP contribution in [-0.4, -0.2) is 50.2 Å². The highest BCUT2D eigenvalue weighted by Crippen LogP contribution is 2.31. The minimum atomic E-state index is -1.11. The highest BCUT2D eigenvalue weighted by molar-refractivity contribution is 5.02. The summed E-state index contributed by atoms with van der Waals surface area (Å²) >= 11 is 0. The highest BCUT2D eigenvalue weighted by atomic mass is 16.6. The van der Waals surface area contributed by atoms with E-state index in [4.69, 9.17) is 9.84 Å². The first kappa shape index (κ1) is 10.4. The minimum Gasteiger partial charge on any atom is -0.394 e. The van der Waals surface area contributed by atoms with Crippen LogP contribution >= 0.6 is 0 Å². The van der Waals surface area contributed by atoms with Gasteiger partial charge in [-0.05, 0) is 6.07 Å². The molecule has 15 heavy (non-hydrogen) atoms. The SMILES string of the molecule is OC[C@H]1O[C@H](c2ncccn2)[C@H](O)[C@@H]1O. The third-order valence-electron chi connectivity index (χ3n) is 2.38. The van der Waals surface area contributed by atoms with Crippen LogP contribution in [0, 0.1) is 0 Å². The first-order valence-electron chi connectivity index (χ1n) is 4.63. The molecule has 0 aromatic carbocycles. The van der Waals surface area contributed by atoms with Crippen molar-refractivity contribution in [2.75, 3.05) is 6.61 Å². The Morgan fingerprint density at radius 2 is 1.87 bits per heavy atom. The average molecular weight is 212 g/mol. The van der Waals surface area contributed by atoms with Crippen LogP contribution in [0.5, 0.6) is 0 Å². The number of hydrogen-bond acceptors (Lipinski definition) is 6. The van der Waals surface area contributed by atoms with Gasteiger partial charge in [0.2, 0.25) is 0 Å². The molecule has 1 aliphatic rings. The van der Waals surface area contributed by atoms with Crippen LogP contribution in [0.4, 0.5) is 0 Å². The van der Waals surface area contributed by atoms with Gasteiger partial charge < -0.3 is 20.1 Å². The molecule has 4 atom stereocenters. The molecule has 1 aliphatic heterocycles. The van der Waals surface area contributed by atoms with Crippen molar-refractivity contribution in [1.29, 1.82) is 0 Å². The monoisotopic (exact) mass is 212 g/mol. The standard InChI is InChI=1S/C9H12N2O4/c12-4-5-6(13)7(14)8(15-5)9-10-2-1-3-11-9/h1-3,5-8,12-14H,4H2/t5-,6-,7-,8+/m1/s1. The van der Waals surface area contributed by atoms with Crippen molar-refractivity contribution in [2.45, 2.75) is 24.4 Å². The van der Waals surface area contributed by atoms with Crippen molar-refractivity contribution in [1.82, 2.24) is 9.97 Å². The van der Waals surface area contributed by atoms with Crippen molar-refractivity contribution >= 4 is 0 Å². The normalized spacial score (nSPS) is 35.7.